The van der Waals surface area contributed by atoms with Crippen LogP contribution in [0.2, 0.25) is 0 Å². The maximum Gasteiger partial charge on any atom is 0.0473 e. The summed E-state index contributed by atoms with van der Waals surface area (Å²) in [5, 5.41) is 5.08. The summed E-state index contributed by atoms with van der Waals surface area (Å²) in [4.78, 5) is 2.38. The Kier molecular flexibility index (Phi) is 7.92. The average Bonchev–Trinajstić information content (AvgIpc) is 3.22. The Labute approximate surface area is 299 Å². The van der Waals surface area contributed by atoms with Crippen molar-refractivity contribution < 1.29 is 0 Å². The van der Waals surface area contributed by atoms with Crippen molar-refractivity contribution in [2.24, 2.45) is 0 Å². The van der Waals surface area contributed by atoms with Gasteiger partial charge in [0.25, 0.3) is 0 Å². The quantitative estimate of drug-likeness (QED) is 0.155. The van der Waals surface area contributed by atoms with Gasteiger partial charge >= 0.3 is 0 Å². The molecule has 0 aliphatic rings. The Balaban J connectivity index is 1.21. The van der Waals surface area contributed by atoms with Crippen molar-refractivity contribution in [1.29, 1.82) is 0 Å². The van der Waals surface area contributed by atoms with E-state index in [0.29, 0.717) is 0 Å². The van der Waals surface area contributed by atoms with Gasteiger partial charge < -0.3 is 4.90 Å². The second-order valence-electron chi connectivity index (χ2n) is 13.0. The normalized spacial score (nSPS) is 11.1. The van der Waals surface area contributed by atoms with Gasteiger partial charge in [-0.1, -0.05) is 164 Å². The van der Waals surface area contributed by atoms with Crippen LogP contribution in [0.25, 0.3) is 66.1 Å². The predicted molar refractivity (Wildman–Crippen MR) is 218 cm³/mol. The molecule has 0 atom stereocenters. The largest absolute Gasteiger partial charge is 0.310 e. The van der Waals surface area contributed by atoms with Crippen molar-refractivity contribution in [3.8, 4) is 44.5 Å². The van der Waals surface area contributed by atoms with Crippen molar-refractivity contribution in [3.05, 3.63) is 212 Å². The highest BCUT2D eigenvalue weighted by molar-refractivity contribution is 6.13. The standard InChI is InChI=1S/C50H35N/c1-4-14-36(15-5-1)39-24-28-44(29-25-39)51(46-33-42(37-16-6-2-7-17-37)32-43(34-46)38-18-8-3-9-19-38)45-30-26-40(27-31-45)50-35-41-20-10-11-21-47(41)48-22-12-13-23-49(48)50/h1-35H. The van der Waals surface area contributed by atoms with Crippen molar-refractivity contribution in [2.75, 3.05) is 4.90 Å². The minimum absolute atomic E-state index is 1.10. The van der Waals surface area contributed by atoms with Crippen LogP contribution < -0.4 is 4.90 Å². The molecule has 0 spiro atoms. The molecule has 0 aliphatic heterocycles. The molecular formula is C50H35N. The van der Waals surface area contributed by atoms with Gasteiger partial charge in [0.15, 0.2) is 0 Å². The lowest BCUT2D eigenvalue weighted by Crippen LogP contribution is -2.10. The minimum atomic E-state index is 1.10. The maximum atomic E-state index is 2.38. The zero-order valence-electron chi connectivity index (χ0n) is 28.2. The van der Waals surface area contributed by atoms with Gasteiger partial charge in [0.05, 0.1) is 0 Å². The van der Waals surface area contributed by atoms with Gasteiger partial charge in [-0.25, -0.2) is 0 Å². The van der Waals surface area contributed by atoms with E-state index in [2.05, 4.69) is 217 Å². The number of anilines is 3. The number of hydrogen-bond donors (Lipinski definition) is 0. The molecule has 0 N–H and O–H groups in total. The van der Waals surface area contributed by atoms with Gasteiger partial charge in [0.2, 0.25) is 0 Å². The van der Waals surface area contributed by atoms with E-state index in [-0.39, 0.29) is 0 Å². The number of hydrogen-bond acceptors (Lipinski definition) is 1. The zero-order chi connectivity index (χ0) is 34.0. The number of rotatable bonds is 7. The second-order valence-corrected chi connectivity index (χ2v) is 13.0. The highest BCUT2D eigenvalue weighted by atomic mass is 15.1. The fraction of sp³-hybridized carbons (Fsp3) is 0. The number of fused-ring (bicyclic) bond motifs is 3. The monoisotopic (exact) mass is 649 g/mol. The lowest BCUT2D eigenvalue weighted by molar-refractivity contribution is 1.28. The molecule has 0 unspecified atom stereocenters. The smallest absolute Gasteiger partial charge is 0.0473 e. The zero-order valence-corrected chi connectivity index (χ0v) is 28.2. The molecule has 0 heterocycles. The molecule has 0 fully saturated rings. The summed E-state index contributed by atoms with van der Waals surface area (Å²) in [5.41, 5.74) is 12.9. The summed E-state index contributed by atoms with van der Waals surface area (Å²) in [6.07, 6.45) is 0. The van der Waals surface area contributed by atoms with E-state index in [9.17, 15) is 0 Å². The van der Waals surface area contributed by atoms with Gasteiger partial charge in [-0.3, -0.25) is 0 Å². The third-order valence-electron chi connectivity index (χ3n) is 9.83. The van der Waals surface area contributed by atoms with Crippen LogP contribution >= 0.6 is 0 Å². The summed E-state index contributed by atoms with van der Waals surface area (Å²) in [6, 6.07) is 76.7. The van der Waals surface area contributed by atoms with Crippen LogP contribution in [0.3, 0.4) is 0 Å². The Morgan fingerprint density at radius 1 is 0.235 bits per heavy atom. The lowest BCUT2D eigenvalue weighted by atomic mass is 9.93. The Morgan fingerprint density at radius 3 is 1.20 bits per heavy atom. The predicted octanol–water partition coefficient (Wildman–Crippen LogP) is 14.1. The summed E-state index contributed by atoms with van der Waals surface area (Å²) < 4.78 is 0. The second kappa shape index (κ2) is 13.3. The molecule has 9 rings (SSSR count). The maximum absolute atomic E-state index is 2.38. The minimum Gasteiger partial charge on any atom is -0.310 e. The third kappa shape index (κ3) is 5.96. The molecule has 0 aliphatic carbocycles. The van der Waals surface area contributed by atoms with Gasteiger partial charge in [-0.15, -0.1) is 0 Å². The van der Waals surface area contributed by atoms with E-state index in [1.807, 2.05) is 0 Å². The molecular weight excluding hydrogens is 615 g/mol. The molecule has 0 saturated heterocycles. The van der Waals surface area contributed by atoms with E-state index < -0.39 is 0 Å². The van der Waals surface area contributed by atoms with Gasteiger partial charge in [0.1, 0.15) is 0 Å². The van der Waals surface area contributed by atoms with Crippen LogP contribution in [-0.4, -0.2) is 0 Å². The Hall–Kier alpha value is -6.70. The molecule has 1 heteroatoms. The van der Waals surface area contributed by atoms with Crippen molar-refractivity contribution in [3.63, 3.8) is 0 Å². The Bertz CT molecular complexity index is 2530. The fourth-order valence-corrected chi connectivity index (χ4v) is 7.30. The molecule has 0 radical (unpaired) electrons. The van der Waals surface area contributed by atoms with Crippen LogP contribution in [0, 0.1) is 0 Å². The van der Waals surface area contributed by atoms with Crippen LogP contribution in [0.4, 0.5) is 17.1 Å². The first kappa shape index (κ1) is 30.4. The highest BCUT2D eigenvalue weighted by Crippen LogP contribution is 2.42. The van der Waals surface area contributed by atoms with Gasteiger partial charge in [-0.2, -0.15) is 0 Å². The van der Waals surface area contributed by atoms with E-state index in [1.165, 1.54) is 66.1 Å². The molecule has 1 nitrogen and oxygen atoms in total. The molecule has 0 aromatic heterocycles. The SMILES string of the molecule is c1ccc(-c2ccc(N(c3ccc(-c4cc5ccccc5c5ccccc45)cc3)c3cc(-c4ccccc4)cc(-c4ccccc4)c3)cc2)cc1. The highest BCUT2D eigenvalue weighted by Gasteiger charge is 2.17. The van der Waals surface area contributed by atoms with Crippen LogP contribution in [0.15, 0.2) is 212 Å². The fourth-order valence-electron chi connectivity index (χ4n) is 7.30. The first-order chi connectivity index (χ1) is 25.3. The molecule has 0 bridgehead atoms. The van der Waals surface area contributed by atoms with Crippen molar-refractivity contribution in [1.82, 2.24) is 0 Å². The van der Waals surface area contributed by atoms with E-state index in [0.717, 1.165) is 17.1 Å². The lowest BCUT2D eigenvalue weighted by Gasteiger charge is -2.27. The average molecular weight is 650 g/mol. The first-order valence-electron chi connectivity index (χ1n) is 17.5. The van der Waals surface area contributed by atoms with Gasteiger partial charge in [-0.05, 0) is 115 Å². The molecule has 0 amide bonds. The summed E-state index contributed by atoms with van der Waals surface area (Å²) >= 11 is 0. The number of nitrogens with zero attached hydrogens (tertiary/aromatic N) is 1. The first-order valence-corrected chi connectivity index (χ1v) is 17.5. The number of benzene rings is 9. The van der Waals surface area contributed by atoms with E-state index in [1.54, 1.807) is 0 Å². The molecule has 240 valence electrons. The van der Waals surface area contributed by atoms with Crippen LogP contribution in [0.5, 0.6) is 0 Å². The summed E-state index contributed by atoms with van der Waals surface area (Å²) in [6.45, 7) is 0. The van der Waals surface area contributed by atoms with Gasteiger partial charge in [0, 0.05) is 17.1 Å². The third-order valence-corrected chi connectivity index (χ3v) is 9.83. The van der Waals surface area contributed by atoms with E-state index in [4.69, 9.17) is 0 Å². The molecule has 0 saturated carbocycles. The van der Waals surface area contributed by atoms with Crippen molar-refractivity contribution in [2.45, 2.75) is 0 Å². The van der Waals surface area contributed by atoms with Crippen molar-refractivity contribution >= 4 is 38.6 Å². The summed E-state index contributed by atoms with van der Waals surface area (Å²) in [7, 11) is 0. The molecule has 9 aromatic rings. The molecule has 51 heavy (non-hydrogen) atoms. The van der Waals surface area contributed by atoms with E-state index >= 15 is 0 Å². The topological polar surface area (TPSA) is 3.24 Å². The van der Waals surface area contributed by atoms with Crippen LogP contribution in [-0.2, 0) is 0 Å². The molecule has 9 aromatic carbocycles. The summed E-state index contributed by atoms with van der Waals surface area (Å²) in [5.74, 6) is 0. The van der Waals surface area contributed by atoms with Crippen LogP contribution in [0.1, 0.15) is 0 Å². The Morgan fingerprint density at radius 2 is 0.647 bits per heavy atom.